The quantitative estimate of drug-likeness (QED) is 0.868. The number of hydrogen-bond acceptors (Lipinski definition) is 2. The van der Waals surface area contributed by atoms with E-state index in [4.69, 9.17) is 11.6 Å². The average molecular weight is 343 g/mol. The first-order valence-electron chi connectivity index (χ1n) is 8.42. The molecular formula is C20H23ClN2O. The minimum absolute atomic E-state index is 0.0603. The summed E-state index contributed by atoms with van der Waals surface area (Å²) in [6.45, 7) is 5.85. The van der Waals surface area contributed by atoms with E-state index >= 15 is 0 Å². The fourth-order valence-electron chi connectivity index (χ4n) is 3.13. The normalized spacial score (nSPS) is 15.4. The highest BCUT2D eigenvalue weighted by Crippen LogP contribution is 2.27. The molecule has 3 nitrogen and oxygen atoms in total. The van der Waals surface area contributed by atoms with Gasteiger partial charge in [-0.15, -0.1) is 0 Å². The highest BCUT2D eigenvalue weighted by Gasteiger charge is 2.25. The lowest BCUT2D eigenvalue weighted by Gasteiger charge is -2.33. The maximum atomic E-state index is 12.5. The minimum atomic E-state index is 0.0603. The van der Waals surface area contributed by atoms with Crippen LogP contribution in [0.4, 0.5) is 11.4 Å². The second-order valence-electron chi connectivity index (χ2n) is 6.50. The topological polar surface area (TPSA) is 32.3 Å². The van der Waals surface area contributed by atoms with E-state index < -0.39 is 0 Å². The first kappa shape index (κ1) is 16.8. The van der Waals surface area contributed by atoms with Crippen molar-refractivity contribution in [2.75, 3.05) is 23.3 Å². The van der Waals surface area contributed by atoms with Gasteiger partial charge in [-0.25, -0.2) is 0 Å². The number of benzene rings is 2. The van der Waals surface area contributed by atoms with Gasteiger partial charge in [-0.1, -0.05) is 35.4 Å². The number of anilines is 2. The van der Waals surface area contributed by atoms with Crippen molar-refractivity contribution in [2.45, 2.75) is 26.7 Å². The van der Waals surface area contributed by atoms with Crippen LogP contribution in [-0.4, -0.2) is 19.0 Å². The summed E-state index contributed by atoms with van der Waals surface area (Å²) >= 11 is 6.12. The van der Waals surface area contributed by atoms with Gasteiger partial charge < -0.3 is 10.2 Å². The van der Waals surface area contributed by atoms with Gasteiger partial charge >= 0.3 is 0 Å². The number of aryl methyl sites for hydroxylation is 1. The summed E-state index contributed by atoms with van der Waals surface area (Å²) in [5.41, 5.74) is 4.24. The van der Waals surface area contributed by atoms with Crippen molar-refractivity contribution in [3.05, 3.63) is 58.6 Å². The monoisotopic (exact) mass is 342 g/mol. The van der Waals surface area contributed by atoms with Gasteiger partial charge in [0.15, 0.2) is 0 Å². The fraction of sp³-hybridized carbons (Fsp3) is 0.350. The average Bonchev–Trinajstić information content (AvgIpc) is 2.60. The van der Waals surface area contributed by atoms with Gasteiger partial charge in [-0.05, 0) is 56.5 Å². The second-order valence-corrected chi connectivity index (χ2v) is 6.91. The van der Waals surface area contributed by atoms with Crippen LogP contribution in [0.5, 0.6) is 0 Å². The van der Waals surface area contributed by atoms with Crippen molar-refractivity contribution in [1.29, 1.82) is 0 Å². The number of amides is 1. The molecule has 2 aromatic rings. The second kappa shape index (κ2) is 7.27. The van der Waals surface area contributed by atoms with Gasteiger partial charge in [0.1, 0.15) is 0 Å². The third-order valence-electron chi connectivity index (χ3n) is 4.79. The van der Waals surface area contributed by atoms with E-state index in [0.29, 0.717) is 5.02 Å². The molecule has 1 heterocycles. The molecule has 1 fully saturated rings. The Morgan fingerprint density at radius 2 is 1.75 bits per heavy atom. The predicted molar refractivity (Wildman–Crippen MR) is 101 cm³/mol. The van der Waals surface area contributed by atoms with Crippen LogP contribution in [0, 0.1) is 19.8 Å². The van der Waals surface area contributed by atoms with Crippen LogP contribution in [0.25, 0.3) is 0 Å². The van der Waals surface area contributed by atoms with Gasteiger partial charge in [0, 0.05) is 35.4 Å². The molecule has 24 heavy (non-hydrogen) atoms. The number of carbonyl (C=O) groups excluding carboxylic acids is 1. The Hall–Kier alpha value is -2.00. The third-order valence-corrected chi connectivity index (χ3v) is 5.20. The number of piperidine rings is 1. The molecule has 0 aliphatic carbocycles. The van der Waals surface area contributed by atoms with Crippen LogP contribution in [0.3, 0.4) is 0 Å². The SMILES string of the molecule is Cc1ccc(N2CCC(C(=O)Nc3cccc(Cl)c3C)CC2)cc1. The molecule has 0 radical (unpaired) electrons. The number of nitrogens with one attached hydrogen (secondary N) is 1. The van der Waals surface area contributed by atoms with E-state index in [1.54, 1.807) is 0 Å². The van der Waals surface area contributed by atoms with Crippen molar-refractivity contribution in [2.24, 2.45) is 5.92 Å². The number of rotatable bonds is 3. The van der Waals surface area contributed by atoms with Crippen LogP contribution >= 0.6 is 11.6 Å². The molecule has 126 valence electrons. The standard InChI is InChI=1S/C20H23ClN2O/c1-14-6-8-17(9-7-14)23-12-10-16(11-13-23)20(24)22-19-5-3-4-18(21)15(19)2/h3-9,16H,10-13H2,1-2H3,(H,22,24). The largest absolute Gasteiger partial charge is 0.371 e. The van der Waals surface area contributed by atoms with Crippen molar-refractivity contribution in [3.63, 3.8) is 0 Å². The molecule has 0 bridgehead atoms. The van der Waals surface area contributed by atoms with Gasteiger partial charge in [-0.2, -0.15) is 0 Å². The summed E-state index contributed by atoms with van der Waals surface area (Å²) in [7, 11) is 0. The maximum absolute atomic E-state index is 12.5. The van der Waals surface area contributed by atoms with E-state index in [-0.39, 0.29) is 11.8 Å². The molecule has 1 saturated heterocycles. The van der Waals surface area contributed by atoms with E-state index in [0.717, 1.165) is 37.2 Å². The van der Waals surface area contributed by atoms with Crippen LogP contribution in [0.2, 0.25) is 5.02 Å². The lowest BCUT2D eigenvalue weighted by Crippen LogP contribution is -2.38. The zero-order valence-electron chi connectivity index (χ0n) is 14.2. The number of halogens is 1. The van der Waals surface area contributed by atoms with E-state index in [1.165, 1.54) is 11.3 Å². The summed E-state index contributed by atoms with van der Waals surface area (Å²) in [6, 6.07) is 14.2. The molecule has 1 aliphatic rings. The number of hydrogen-bond donors (Lipinski definition) is 1. The molecule has 4 heteroatoms. The molecule has 0 aromatic heterocycles. The Balaban J connectivity index is 1.59. The maximum Gasteiger partial charge on any atom is 0.227 e. The summed E-state index contributed by atoms with van der Waals surface area (Å²) in [4.78, 5) is 14.9. The highest BCUT2D eigenvalue weighted by molar-refractivity contribution is 6.31. The van der Waals surface area contributed by atoms with Gasteiger partial charge in [0.2, 0.25) is 5.91 Å². The van der Waals surface area contributed by atoms with Crippen LogP contribution in [-0.2, 0) is 4.79 Å². The molecule has 1 amide bonds. The molecule has 1 aliphatic heterocycles. The van der Waals surface area contributed by atoms with E-state index in [9.17, 15) is 4.79 Å². The Labute approximate surface area is 148 Å². The number of carbonyl (C=O) groups is 1. The first-order chi connectivity index (χ1) is 11.5. The Bertz CT molecular complexity index is 719. The lowest BCUT2D eigenvalue weighted by molar-refractivity contribution is -0.120. The van der Waals surface area contributed by atoms with Crippen LogP contribution < -0.4 is 10.2 Å². The summed E-state index contributed by atoms with van der Waals surface area (Å²) in [5, 5.41) is 3.72. The molecule has 1 N–H and O–H groups in total. The molecule has 0 unspecified atom stereocenters. The highest BCUT2D eigenvalue weighted by atomic mass is 35.5. The molecular weight excluding hydrogens is 320 g/mol. The van der Waals surface area contributed by atoms with Crippen molar-refractivity contribution >= 4 is 28.9 Å². The van der Waals surface area contributed by atoms with E-state index in [1.807, 2.05) is 25.1 Å². The zero-order valence-corrected chi connectivity index (χ0v) is 14.9. The Morgan fingerprint density at radius 1 is 1.08 bits per heavy atom. The smallest absolute Gasteiger partial charge is 0.227 e. The lowest BCUT2D eigenvalue weighted by atomic mass is 9.95. The summed E-state index contributed by atoms with van der Waals surface area (Å²) in [5.74, 6) is 0.161. The van der Waals surface area contributed by atoms with Crippen LogP contribution in [0.1, 0.15) is 24.0 Å². The first-order valence-corrected chi connectivity index (χ1v) is 8.80. The van der Waals surface area contributed by atoms with Crippen molar-refractivity contribution in [1.82, 2.24) is 0 Å². The molecule has 0 saturated carbocycles. The van der Waals surface area contributed by atoms with Crippen molar-refractivity contribution < 1.29 is 4.79 Å². The fourth-order valence-corrected chi connectivity index (χ4v) is 3.31. The molecule has 0 spiro atoms. The molecule has 0 atom stereocenters. The van der Waals surface area contributed by atoms with Gasteiger partial charge in [0.25, 0.3) is 0 Å². The van der Waals surface area contributed by atoms with Gasteiger partial charge in [0.05, 0.1) is 0 Å². The van der Waals surface area contributed by atoms with Crippen molar-refractivity contribution in [3.8, 4) is 0 Å². The zero-order chi connectivity index (χ0) is 17.1. The third kappa shape index (κ3) is 3.73. The summed E-state index contributed by atoms with van der Waals surface area (Å²) < 4.78 is 0. The molecule has 3 rings (SSSR count). The van der Waals surface area contributed by atoms with E-state index in [2.05, 4.69) is 41.4 Å². The predicted octanol–water partition coefficient (Wildman–Crippen LogP) is 4.81. The summed E-state index contributed by atoms with van der Waals surface area (Å²) in [6.07, 6.45) is 1.75. The minimum Gasteiger partial charge on any atom is -0.371 e. The van der Waals surface area contributed by atoms with Gasteiger partial charge in [-0.3, -0.25) is 4.79 Å². The van der Waals surface area contributed by atoms with Crippen LogP contribution in [0.15, 0.2) is 42.5 Å². The Kier molecular flexibility index (Phi) is 5.10. The Morgan fingerprint density at radius 3 is 2.42 bits per heavy atom. The number of nitrogens with zero attached hydrogens (tertiary/aromatic N) is 1. The molecule has 2 aromatic carbocycles.